The molecule has 0 radical (unpaired) electrons. The number of hydrogen-bond donors (Lipinski definition) is 2. The molecule has 0 saturated carbocycles. The van der Waals surface area contributed by atoms with Gasteiger partial charge in [0.05, 0.1) is 0 Å². The number of rotatable bonds is 3. The van der Waals surface area contributed by atoms with Crippen LogP contribution in [-0.2, 0) is 17.1 Å². The van der Waals surface area contributed by atoms with Crippen molar-refractivity contribution in [3.63, 3.8) is 0 Å². The van der Waals surface area contributed by atoms with Crippen molar-refractivity contribution in [2.75, 3.05) is 13.1 Å². The molecule has 2 rings (SSSR count). The lowest BCUT2D eigenvalue weighted by Crippen LogP contribution is -2.50. The third kappa shape index (κ3) is 2.73. The first-order valence-electron chi connectivity index (χ1n) is 6.13. The van der Waals surface area contributed by atoms with Crippen LogP contribution in [0.2, 0.25) is 0 Å². The molecule has 2 atom stereocenters. The molecule has 0 unspecified atom stereocenters. The fourth-order valence-corrected chi connectivity index (χ4v) is 3.45. The van der Waals surface area contributed by atoms with E-state index in [1.165, 1.54) is 0 Å². The number of aromatic nitrogens is 2. The van der Waals surface area contributed by atoms with Gasteiger partial charge in [0.15, 0.2) is 5.03 Å². The fraction of sp³-hybridized carbons (Fsp3) is 0.727. The molecule has 1 fully saturated rings. The number of piperidine rings is 1. The summed E-state index contributed by atoms with van der Waals surface area (Å²) in [7, 11) is -1.73. The lowest BCUT2D eigenvalue weighted by atomic mass is 9.96. The molecule has 1 aliphatic heterocycles. The second kappa shape index (κ2) is 4.99. The molecule has 7 heteroatoms. The predicted octanol–water partition coefficient (Wildman–Crippen LogP) is 0.00482. The minimum atomic E-state index is -3.52. The number of nitrogens with zero attached hydrogens (tertiary/aromatic N) is 2. The van der Waals surface area contributed by atoms with Gasteiger partial charge in [-0.3, -0.25) is 0 Å². The summed E-state index contributed by atoms with van der Waals surface area (Å²) in [6.07, 6.45) is 2.52. The lowest BCUT2D eigenvalue weighted by Gasteiger charge is -2.29. The molecule has 102 valence electrons. The molecule has 1 saturated heterocycles. The zero-order chi connectivity index (χ0) is 13.3. The molecule has 0 amide bonds. The Labute approximate surface area is 108 Å². The van der Waals surface area contributed by atoms with Gasteiger partial charge in [0, 0.05) is 25.8 Å². The van der Waals surface area contributed by atoms with Gasteiger partial charge in [-0.25, -0.2) is 18.1 Å². The van der Waals surface area contributed by atoms with Gasteiger partial charge in [-0.05, 0) is 25.8 Å². The molecule has 0 bridgehead atoms. The van der Waals surface area contributed by atoms with Gasteiger partial charge in [0.1, 0.15) is 5.82 Å². The van der Waals surface area contributed by atoms with Crippen LogP contribution < -0.4 is 10.0 Å². The molecule has 0 aliphatic carbocycles. The molecule has 18 heavy (non-hydrogen) atoms. The maximum absolute atomic E-state index is 12.2. The summed E-state index contributed by atoms with van der Waals surface area (Å²) in [5.41, 5.74) is 0. The third-order valence-corrected chi connectivity index (χ3v) is 4.86. The van der Waals surface area contributed by atoms with E-state index in [-0.39, 0.29) is 11.1 Å². The highest BCUT2D eigenvalue weighted by Crippen LogP contribution is 2.15. The summed E-state index contributed by atoms with van der Waals surface area (Å²) in [6.45, 7) is 5.47. The maximum Gasteiger partial charge on any atom is 0.259 e. The summed E-state index contributed by atoms with van der Waals surface area (Å²) < 4.78 is 28.8. The Morgan fingerprint density at radius 3 is 2.83 bits per heavy atom. The summed E-state index contributed by atoms with van der Waals surface area (Å²) in [5.74, 6) is 1.02. The Morgan fingerprint density at radius 1 is 1.56 bits per heavy atom. The van der Waals surface area contributed by atoms with Crippen molar-refractivity contribution in [3.05, 3.63) is 12.0 Å². The molecule has 1 aromatic rings. The summed E-state index contributed by atoms with van der Waals surface area (Å²) >= 11 is 0. The van der Waals surface area contributed by atoms with Crippen LogP contribution in [0.5, 0.6) is 0 Å². The van der Waals surface area contributed by atoms with Crippen molar-refractivity contribution < 1.29 is 8.42 Å². The molecule has 6 nitrogen and oxygen atoms in total. The smallest absolute Gasteiger partial charge is 0.259 e. The SMILES string of the molecule is Cc1nc(S(=O)(=O)N[C@H]2CNCC[C@H]2C)cn1C. The normalized spacial score (nSPS) is 25.3. The highest BCUT2D eigenvalue weighted by Gasteiger charge is 2.28. The second-order valence-electron chi connectivity index (χ2n) is 4.94. The van der Waals surface area contributed by atoms with E-state index in [2.05, 4.69) is 21.9 Å². The Morgan fingerprint density at radius 2 is 2.28 bits per heavy atom. The Hall–Kier alpha value is -0.920. The highest BCUT2D eigenvalue weighted by molar-refractivity contribution is 7.89. The van der Waals surface area contributed by atoms with E-state index in [9.17, 15) is 8.42 Å². The molecule has 0 spiro atoms. The number of aryl methyl sites for hydroxylation is 2. The summed E-state index contributed by atoms with van der Waals surface area (Å²) in [6, 6.07) is -0.0638. The van der Waals surface area contributed by atoms with Crippen LogP contribution in [-0.4, -0.2) is 37.1 Å². The lowest BCUT2D eigenvalue weighted by molar-refractivity contribution is 0.327. The van der Waals surface area contributed by atoms with E-state index in [0.29, 0.717) is 18.3 Å². The molecular formula is C11H20N4O2S. The first-order chi connectivity index (χ1) is 8.40. The van der Waals surface area contributed by atoms with E-state index in [1.54, 1.807) is 24.7 Å². The van der Waals surface area contributed by atoms with Crippen molar-refractivity contribution in [1.82, 2.24) is 19.6 Å². The van der Waals surface area contributed by atoms with Crippen LogP contribution in [0.15, 0.2) is 11.2 Å². The van der Waals surface area contributed by atoms with Gasteiger partial charge in [-0.2, -0.15) is 0 Å². The average molecular weight is 272 g/mol. The van der Waals surface area contributed by atoms with Gasteiger partial charge in [-0.15, -0.1) is 0 Å². The van der Waals surface area contributed by atoms with Gasteiger partial charge in [0.25, 0.3) is 10.0 Å². The van der Waals surface area contributed by atoms with Crippen molar-refractivity contribution in [1.29, 1.82) is 0 Å². The first kappa shape index (κ1) is 13.5. The standard InChI is InChI=1S/C11H20N4O2S/c1-8-4-5-12-6-10(8)14-18(16,17)11-7-15(3)9(2)13-11/h7-8,10,12,14H,4-6H2,1-3H3/t8-,10+/m1/s1. The van der Waals surface area contributed by atoms with E-state index < -0.39 is 10.0 Å². The molecule has 0 aromatic carbocycles. The molecule has 1 aromatic heterocycles. The second-order valence-corrected chi connectivity index (χ2v) is 6.60. The quantitative estimate of drug-likeness (QED) is 0.812. The number of sulfonamides is 1. The van der Waals surface area contributed by atoms with Gasteiger partial charge >= 0.3 is 0 Å². The zero-order valence-corrected chi connectivity index (χ0v) is 11.8. The van der Waals surface area contributed by atoms with Crippen LogP contribution >= 0.6 is 0 Å². The Bertz CT molecular complexity index is 504. The third-order valence-electron chi connectivity index (χ3n) is 3.50. The minimum absolute atomic E-state index is 0.0638. The van der Waals surface area contributed by atoms with Crippen LogP contribution in [0, 0.1) is 12.8 Å². The van der Waals surface area contributed by atoms with E-state index in [4.69, 9.17) is 0 Å². The molecule has 1 aliphatic rings. The van der Waals surface area contributed by atoms with Crippen LogP contribution in [0.4, 0.5) is 0 Å². The fourth-order valence-electron chi connectivity index (χ4n) is 2.06. The topological polar surface area (TPSA) is 76.0 Å². The van der Waals surface area contributed by atoms with Crippen molar-refractivity contribution in [2.45, 2.75) is 31.3 Å². The Kier molecular flexibility index (Phi) is 3.74. The monoisotopic (exact) mass is 272 g/mol. The Balaban J connectivity index is 2.16. The van der Waals surface area contributed by atoms with Gasteiger partial charge < -0.3 is 9.88 Å². The summed E-state index contributed by atoms with van der Waals surface area (Å²) in [4.78, 5) is 4.06. The minimum Gasteiger partial charge on any atom is -0.337 e. The average Bonchev–Trinajstić information content (AvgIpc) is 2.63. The van der Waals surface area contributed by atoms with Crippen molar-refractivity contribution in [3.8, 4) is 0 Å². The van der Waals surface area contributed by atoms with Gasteiger partial charge in [-0.1, -0.05) is 6.92 Å². The molecule has 2 N–H and O–H groups in total. The van der Waals surface area contributed by atoms with Crippen molar-refractivity contribution >= 4 is 10.0 Å². The van der Waals surface area contributed by atoms with Crippen LogP contribution in [0.3, 0.4) is 0 Å². The maximum atomic E-state index is 12.2. The first-order valence-corrected chi connectivity index (χ1v) is 7.61. The van der Waals surface area contributed by atoms with Crippen LogP contribution in [0.1, 0.15) is 19.2 Å². The summed E-state index contributed by atoms with van der Waals surface area (Å²) in [5, 5.41) is 3.30. The highest BCUT2D eigenvalue weighted by atomic mass is 32.2. The van der Waals surface area contributed by atoms with E-state index in [1.807, 2.05) is 0 Å². The molecule has 2 heterocycles. The number of imidazole rings is 1. The van der Waals surface area contributed by atoms with Crippen molar-refractivity contribution in [2.24, 2.45) is 13.0 Å². The zero-order valence-electron chi connectivity index (χ0n) is 11.0. The van der Waals surface area contributed by atoms with E-state index >= 15 is 0 Å². The van der Waals surface area contributed by atoms with E-state index in [0.717, 1.165) is 13.0 Å². The number of hydrogen-bond acceptors (Lipinski definition) is 4. The van der Waals surface area contributed by atoms with Gasteiger partial charge in [0.2, 0.25) is 0 Å². The molecular weight excluding hydrogens is 252 g/mol. The van der Waals surface area contributed by atoms with Crippen LogP contribution in [0.25, 0.3) is 0 Å². The predicted molar refractivity (Wildman–Crippen MR) is 68.7 cm³/mol. The number of nitrogens with one attached hydrogen (secondary N) is 2. The largest absolute Gasteiger partial charge is 0.337 e.